The van der Waals surface area contributed by atoms with E-state index in [1.165, 1.54) is 0 Å². The minimum absolute atomic E-state index is 0.217. The average molecular weight is 354 g/mol. The van der Waals surface area contributed by atoms with Crippen LogP contribution in [0.3, 0.4) is 0 Å². The van der Waals surface area contributed by atoms with E-state index >= 15 is 0 Å². The van der Waals surface area contributed by atoms with Crippen LogP contribution in [0.25, 0.3) is 0 Å². The van der Waals surface area contributed by atoms with E-state index in [-0.39, 0.29) is 22.4 Å². The molecule has 1 aromatic carbocycles. The number of carbonyl (C=O) groups is 1. The highest BCUT2D eigenvalue weighted by molar-refractivity contribution is 6.52. The monoisotopic (exact) mass is 352 g/mol. The van der Waals surface area contributed by atoms with Crippen LogP contribution in [0.4, 0.5) is 0 Å². The second kappa shape index (κ2) is 4.42. The van der Waals surface area contributed by atoms with Crippen molar-refractivity contribution in [3.05, 3.63) is 31.2 Å². The fourth-order valence-corrected chi connectivity index (χ4v) is 4.86. The van der Waals surface area contributed by atoms with Crippen LogP contribution in [-0.4, -0.2) is 11.6 Å². The first-order valence-corrected chi connectivity index (χ1v) is 7.75. The number of esters is 1. The molecule has 2 bridgehead atoms. The van der Waals surface area contributed by atoms with Gasteiger partial charge in [-0.15, -0.1) is 0 Å². The molecule has 2 aliphatic rings. The fraction of sp³-hybridized carbons (Fsp3) is 0.500. The van der Waals surface area contributed by atoms with Gasteiger partial charge < -0.3 is 4.74 Å². The van der Waals surface area contributed by atoms with Gasteiger partial charge in [0.1, 0.15) is 5.60 Å². The minimum Gasteiger partial charge on any atom is -0.459 e. The van der Waals surface area contributed by atoms with Crippen molar-refractivity contribution in [1.82, 2.24) is 0 Å². The SMILES string of the molecule is C[C@]12Cc3c(Cl)c(Cl)c(Cl)c(Cl)c3[C@](C)(CC(=O)O1)C2. The first-order chi connectivity index (χ1) is 9.17. The molecule has 1 aliphatic carbocycles. The highest BCUT2D eigenvalue weighted by Crippen LogP contribution is 2.55. The predicted octanol–water partition coefficient (Wildman–Crippen LogP) is 5.21. The van der Waals surface area contributed by atoms with Crippen molar-refractivity contribution < 1.29 is 9.53 Å². The molecule has 0 saturated carbocycles. The highest BCUT2D eigenvalue weighted by atomic mass is 35.5. The number of halogens is 4. The zero-order valence-corrected chi connectivity index (χ0v) is 14.0. The summed E-state index contributed by atoms with van der Waals surface area (Å²) in [5.41, 5.74) is 0.691. The maximum absolute atomic E-state index is 11.9. The number of hydrogen-bond acceptors (Lipinski definition) is 2. The molecule has 6 heteroatoms. The molecule has 0 aromatic heterocycles. The zero-order valence-electron chi connectivity index (χ0n) is 10.9. The van der Waals surface area contributed by atoms with Crippen molar-refractivity contribution in [2.75, 3.05) is 0 Å². The molecule has 1 saturated heterocycles. The Morgan fingerprint density at radius 2 is 1.55 bits per heavy atom. The molecule has 2 atom stereocenters. The molecule has 0 N–H and O–H groups in total. The molecular formula is C14H12Cl4O2. The second-order valence-corrected chi connectivity index (χ2v) is 7.64. The van der Waals surface area contributed by atoms with Crippen molar-refractivity contribution in [3.8, 4) is 0 Å². The molecule has 3 rings (SSSR count). The lowest BCUT2D eigenvalue weighted by Gasteiger charge is -2.49. The Kier molecular flexibility index (Phi) is 3.27. The van der Waals surface area contributed by atoms with E-state index in [0.29, 0.717) is 22.9 Å². The van der Waals surface area contributed by atoms with Gasteiger partial charge in [-0.25, -0.2) is 0 Å². The molecule has 2 nitrogen and oxygen atoms in total. The molecule has 0 amide bonds. The van der Waals surface area contributed by atoms with Crippen LogP contribution < -0.4 is 0 Å². The Balaban J connectivity index is 2.34. The van der Waals surface area contributed by atoms with Crippen LogP contribution in [-0.2, 0) is 21.4 Å². The summed E-state index contributed by atoms with van der Waals surface area (Å²) in [7, 11) is 0. The lowest BCUT2D eigenvalue weighted by Crippen LogP contribution is -2.51. The average Bonchev–Trinajstić information content (AvgIpc) is 2.30. The van der Waals surface area contributed by atoms with Crippen molar-refractivity contribution in [1.29, 1.82) is 0 Å². The van der Waals surface area contributed by atoms with Gasteiger partial charge in [-0.2, -0.15) is 0 Å². The van der Waals surface area contributed by atoms with Crippen LogP contribution in [0.1, 0.15) is 37.8 Å². The van der Waals surface area contributed by atoms with Crippen LogP contribution in [0.15, 0.2) is 0 Å². The lowest BCUT2D eigenvalue weighted by atomic mass is 9.62. The highest BCUT2D eigenvalue weighted by Gasteiger charge is 2.52. The third kappa shape index (κ3) is 1.96. The third-order valence-electron chi connectivity index (χ3n) is 4.18. The van der Waals surface area contributed by atoms with Gasteiger partial charge in [-0.1, -0.05) is 53.3 Å². The Morgan fingerprint density at radius 1 is 0.950 bits per heavy atom. The van der Waals surface area contributed by atoms with E-state index in [1.807, 2.05) is 13.8 Å². The van der Waals surface area contributed by atoms with E-state index in [9.17, 15) is 4.79 Å². The Morgan fingerprint density at radius 3 is 2.20 bits per heavy atom. The van der Waals surface area contributed by atoms with E-state index in [0.717, 1.165) is 11.1 Å². The molecule has 1 heterocycles. The molecule has 0 radical (unpaired) electrons. The lowest BCUT2D eigenvalue weighted by molar-refractivity contribution is -0.172. The largest absolute Gasteiger partial charge is 0.459 e. The van der Waals surface area contributed by atoms with Gasteiger partial charge in [-0.05, 0) is 24.5 Å². The van der Waals surface area contributed by atoms with E-state index in [2.05, 4.69) is 0 Å². The van der Waals surface area contributed by atoms with E-state index in [1.54, 1.807) is 0 Å². The van der Waals surface area contributed by atoms with Crippen molar-refractivity contribution in [2.24, 2.45) is 0 Å². The molecule has 1 aromatic rings. The van der Waals surface area contributed by atoms with Gasteiger partial charge in [0.15, 0.2) is 0 Å². The summed E-state index contributed by atoms with van der Waals surface area (Å²) >= 11 is 25.0. The molecule has 0 unspecified atom stereocenters. The first kappa shape index (κ1) is 14.8. The van der Waals surface area contributed by atoms with E-state index in [4.69, 9.17) is 51.1 Å². The number of fused-ring (bicyclic) bond motifs is 4. The topological polar surface area (TPSA) is 26.3 Å². The van der Waals surface area contributed by atoms with E-state index < -0.39 is 11.0 Å². The number of rotatable bonds is 0. The number of hydrogen-bond donors (Lipinski definition) is 0. The molecule has 1 aliphatic heterocycles. The smallest absolute Gasteiger partial charge is 0.307 e. The Labute approximate surface area is 137 Å². The minimum atomic E-state index is -0.568. The molecule has 1 fully saturated rings. The van der Waals surface area contributed by atoms with Crippen LogP contribution in [0.2, 0.25) is 20.1 Å². The van der Waals surface area contributed by atoms with Crippen LogP contribution in [0, 0.1) is 0 Å². The third-order valence-corrected chi connectivity index (χ3v) is 6.02. The quantitative estimate of drug-likeness (QED) is 0.363. The summed E-state index contributed by atoms with van der Waals surface area (Å²) in [4.78, 5) is 11.9. The first-order valence-electron chi connectivity index (χ1n) is 6.24. The summed E-state index contributed by atoms with van der Waals surface area (Å²) in [5.74, 6) is -0.217. The number of benzene rings is 1. The van der Waals surface area contributed by atoms with Crippen LogP contribution >= 0.6 is 46.4 Å². The summed E-state index contributed by atoms with van der Waals surface area (Å²) in [6.07, 6.45) is 1.47. The Hall–Kier alpha value is -0.150. The normalized spacial score (nSPS) is 31.8. The predicted molar refractivity (Wildman–Crippen MR) is 81.3 cm³/mol. The zero-order chi connectivity index (χ0) is 14.9. The summed E-state index contributed by atoms with van der Waals surface area (Å²) in [6.45, 7) is 3.91. The summed E-state index contributed by atoms with van der Waals surface area (Å²) in [5, 5.41) is 1.32. The maximum Gasteiger partial charge on any atom is 0.307 e. The van der Waals surface area contributed by atoms with Crippen molar-refractivity contribution >= 4 is 52.4 Å². The number of ether oxygens (including phenoxy) is 1. The second-order valence-electron chi connectivity index (χ2n) is 6.12. The molecule has 108 valence electrons. The Bertz CT molecular complexity index is 643. The molecule has 20 heavy (non-hydrogen) atoms. The van der Waals surface area contributed by atoms with Gasteiger partial charge in [0, 0.05) is 11.8 Å². The number of carbonyl (C=O) groups excluding carboxylic acids is 1. The maximum atomic E-state index is 11.9. The summed E-state index contributed by atoms with van der Waals surface area (Å²) < 4.78 is 5.51. The van der Waals surface area contributed by atoms with Gasteiger partial charge in [-0.3, -0.25) is 4.79 Å². The van der Waals surface area contributed by atoms with Crippen molar-refractivity contribution in [2.45, 2.75) is 44.1 Å². The van der Waals surface area contributed by atoms with Crippen molar-refractivity contribution in [3.63, 3.8) is 0 Å². The van der Waals surface area contributed by atoms with Gasteiger partial charge in [0.2, 0.25) is 0 Å². The van der Waals surface area contributed by atoms with Gasteiger partial charge in [0.05, 0.1) is 26.5 Å². The van der Waals surface area contributed by atoms with Gasteiger partial charge in [0.25, 0.3) is 0 Å². The molecular weight excluding hydrogens is 342 g/mol. The standard InChI is InChI=1S/C14H12Cl4O2/c1-13-4-7(19)20-14(2,5-13)3-6-8(13)10(16)12(18)11(17)9(6)15/h3-5H2,1-2H3/t13-,14-/m1/s1. The fourth-order valence-electron chi connectivity index (χ4n) is 3.68. The molecule has 0 spiro atoms. The van der Waals surface area contributed by atoms with Gasteiger partial charge >= 0.3 is 5.97 Å². The summed E-state index contributed by atoms with van der Waals surface area (Å²) in [6, 6.07) is 0. The van der Waals surface area contributed by atoms with Crippen LogP contribution in [0.5, 0.6) is 0 Å².